The van der Waals surface area contributed by atoms with Gasteiger partial charge in [0, 0.05) is 91.3 Å². The van der Waals surface area contributed by atoms with Gasteiger partial charge in [-0.3, -0.25) is 9.69 Å². The summed E-state index contributed by atoms with van der Waals surface area (Å²) in [5.41, 5.74) is 5.06. The molecule has 1 unspecified atom stereocenters. The molecule has 1 amide bonds. The topological polar surface area (TPSA) is 56.6 Å². The summed E-state index contributed by atoms with van der Waals surface area (Å²) in [5.74, 6) is 0.380. The summed E-state index contributed by atoms with van der Waals surface area (Å²) in [7, 11) is 4.07. The first-order valence-corrected chi connectivity index (χ1v) is 12.7. The number of aromatic nitrogens is 2. The molecule has 0 saturated carbocycles. The van der Waals surface area contributed by atoms with Gasteiger partial charge in [-0.1, -0.05) is 6.92 Å². The van der Waals surface area contributed by atoms with Crippen LogP contribution in [0.25, 0.3) is 10.9 Å². The number of nitrogens with zero attached hydrogens (tertiary/aromatic N) is 5. The van der Waals surface area contributed by atoms with Crippen LogP contribution in [0.1, 0.15) is 23.7 Å². The van der Waals surface area contributed by atoms with Crippen LogP contribution in [0.3, 0.4) is 0 Å². The summed E-state index contributed by atoms with van der Waals surface area (Å²) < 4.78 is 2.11. The quantitative estimate of drug-likeness (QED) is 0.426. The zero-order valence-corrected chi connectivity index (χ0v) is 21.1. The summed E-state index contributed by atoms with van der Waals surface area (Å²) in [6.07, 6.45) is 5.04. The summed E-state index contributed by atoms with van der Waals surface area (Å²) in [6, 6.07) is 21.6. The van der Waals surface area contributed by atoms with Crippen LogP contribution in [-0.2, 0) is 7.05 Å². The van der Waals surface area contributed by atoms with Gasteiger partial charge in [0.1, 0.15) is 5.82 Å². The predicted octanol–water partition coefficient (Wildman–Crippen LogP) is 4.88. The SMILES string of the molecule is CCN1CC2C[C@@H]1CN2c1ccc(C(=O)Nc2cc(N(C)c3ccc4c(ccn4C)c3)ccn2)cc1. The van der Waals surface area contributed by atoms with Gasteiger partial charge in [0.25, 0.3) is 5.91 Å². The van der Waals surface area contributed by atoms with Crippen LogP contribution in [0.5, 0.6) is 0 Å². The van der Waals surface area contributed by atoms with Gasteiger partial charge >= 0.3 is 0 Å². The van der Waals surface area contributed by atoms with Crippen molar-refractivity contribution >= 4 is 39.7 Å². The van der Waals surface area contributed by atoms with Crippen molar-refractivity contribution in [3.63, 3.8) is 0 Å². The molecule has 0 radical (unpaired) electrons. The van der Waals surface area contributed by atoms with Gasteiger partial charge in [-0.05, 0) is 67.6 Å². The molecule has 7 heteroatoms. The van der Waals surface area contributed by atoms with Crippen molar-refractivity contribution in [1.29, 1.82) is 0 Å². The lowest BCUT2D eigenvalue weighted by Crippen LogP contribution is -2.46. The number of fused-ring (bicyclic) bond motifs is 3. The van der Waals surface area contributed by atoms with Crippen LogP contribution < -0.4 is 15.1 Å². The van der Waals surface area contributed by atoms with Gasteiger partial charge in [-0.25, -0.2) is 4.98 Å². The summed E-state index contributed by atoms with van der Waals surface area (Å²) in [6.45, 7) is 5.58. The van der Waals surface area contributed by atoms with Gasteiger partial charge in [0.2, 0.25) is 0 Å². The highest BCUT2D eigenvalue weighted by Gasteiger charge is 2.42. The number of likely N-dealkylation sites (N-methyl/N-ethyl adjacent to an activating group) is 1. The number of pyridine rings is 1. The average molecular weight is 481 g/mol. The first-order chi connectivity index (χ1) is 17.5. The molecule has 0 spiro atoms. The van der Waals surface area contributed by atoms with Crippen LogP contribution >= 0.6 is 0 Å². The van der Waals surface area contributed by atoms with E-state index in [1.165, 1.54) is 23.0 Å². The van der Waals surface area contributed by atoms with Gasteiger partial charge < -0.3 is 19.7 Å². The molecule has 6 rings (SSSR count). The van der Waals surface area contributed by atoms with Crippen molar-refractivity contribution in [3.05, 3.63) is 78.6 Å². The molecule has 7 nitrogen and oxygen atoms in total. The lowest BCUT2D eigenvalue weighted by atomic mass is 10.1. The maximum Gasteiger partial charge on any atom is 0.256 e. The third-order valence-corrected chi connectivity index (χ3v) is 7.85. The maximum absolute atomic E-state index is 13.0. The number of anilines is 4. The normalized spacial score (nSPS) is 19.2. The second-order valence-corrected chi connectivity index (χ2v) is 9.91. The molecule has 2 atom stereocenters. The standard InChI is InChI=1S/C29H32N6O/c1-4-34-18-26-16-25(34)19-35(26)22-7-5-20(6-8-22)29(36)31-28-17-24(11-13-30-28)33(3)23-9-10-27-21(15-23)12-14-32(27)2/h5-15,17,25-26H,4,16,18-19H2,1-3H3,(H,30,31,36)/t25-,26?/m1/s1. The zero-order chi connectivity index (χ0) is 24.8. The first kappa shape index (κ1) is 22.6. The highest BCUT2D eigenvalue weighted by molar-refractivity contribution is 6.04. The fraction of sp³-hybridized carbons (Fsp3) is 0.310. The fourth-order valence-corrected chi connectivity index (χ4v) is 5.77. The molecular weight excluding hydrogens is 448 g/mol. The molecule has 2 aliphatic rings. The number of amides is 1. The van der Waals surface area contributed by atoms with Gasteiger partial charge in [-0.15, -0.1) is 0 Å². The number of piperazine rings is 1. The van der Waals surface area contributed by atoms with Gasteiger partial charge in [-0.2, -0.15) is 0 Å². The van der Waals surface area contributed by atoms with Crippen LogP contribution in [0.2, 0.25) is 0 Å². The number of nitrogens with one attached hydrogen (secondary N) is 1. The minimum absolute atomic E-state index is 0.153. The first-order valence-electron chi connectivity index (χ1n) is 12.7. The third-order valence-electron chi connectivity index (χ3n) is 7.85. The highest BCUT2D eigenvalue weighted by atomic mass is 16.1. The van der Waals surface area contributed by atoms with Crippen molar-refractivity contribution in [1.82, 2.24) is 14.5 Å². The summed E-state index contributed by atoms with van der Waals surface area (Å²) in [4.78, 5) is 24.5. The molecule has 2 bridgehead atoms. The molecule has 36 heavy (non-hydrogen) atoms. The molecule has 0 aliphatic carbocycles. The number of hydrogen-bond acceptors (Lipinski definition) is 5. The number of benzene rings is 2. The van der Waals surface area contributed by atoms with E-state index in [4.69, 9.17) is 0 Å². The van der Waals surface area contributed by atoms with Crippen LogP contribution in [0.4, 0.5) is 22.9 Å². The van der Waals surface area contributed by atoms with E-state index < -0.39 is 0 Å². The Morgan fingerprint density at radius 1 is 1.03 bits per heavy atom. The summed E-state index contributed by atoms with van der Waals surface area (Å²) >= 11 is 0. The molecule has 2 aliphatic heterocycles. The molecule has 184 valence electrons. The monoisotopic (exact) mass is 480 g/mol. The zero-order valence-electron chi connectivity index (χ0n) is 21.1. The third kappa shape index (κ3) is 3.99. The Morgan fingerprint density at radius 3 is 2.58 bits per heavy atom. The maximum atomic E-state index is 13.0. The van der Waals surface area contributed by atoms with Crippen molar-refractivity contribution in [2.24, 2.45) is 7.05 Å². The second kappa shape index (κ2) is 8.99. The lowest BCUT2D eigenvalue weighted by molar-refractivity contribution is 0.102. The number of likely N-dealkylation sites (tertiary alicyclic amines) is 1. The second-order valence-electron chi connectivity index (χ2n) is 9.91. The minimum Gasteiger partial charge on any atom is -0.366 e. The summed E-state index contributed by atoms with van der Waals surface area (Å²) in [5, 5.41) is 4.16. The molecular formula is C29H32N6O. The predicted molar refractivity (Wildman–Crippen MR) is 146 cm³/mol. The molecule has 2 aromatic heterocycles. The van der Waals surface area contributed by atoms with E-state index in [-0.39, 0.29) is 5.91 Å². The van der Waals surface area contributed by atoms with E-state index in [9.17, 15) is 4.79 Å². The Hall–Kier alpha value is -3.84. The molecule has 4 heterocycles. The van der Waals surface area contributed by atoms with Crippen molar-refractivity contribution < 1.29 is 4.79 Å². The Morgan fingerprint density at radius 2 is 1.83 bits per heavy atom. The molecule has 1 N–H and O–H groups in total. The van der Waals surface area contributed by atoms with Crippen LogP contribution in [0.15, 0.2) is 73.1 Å². The minimum atomic E-state index is -0.153. The number of carbonyl (C=O) groups excluding carboxylic acids is 1. The largest absolute Gasteiger partial charge is 0.366 e. The van der Waals surface area contributed by atoms with E-state index in [1.807, 2.05) is 38.4 Å². The molecule has 4 aromatic rings. The molecule has 2 fully saturated rings. The average Bonchev–Trinajstić information content (AvgIpc) is 3.62. The van der Waals surface area contributed by atoms with E-state index in [2.05, 4.69) is 79.1 Å². The highest BCUT2D eigenvalue weighted by Crippen LogP contribution is 2.34. The number of carbonyl (C=O) groups is 1. The van der Waals surface area contributed by atoms with Crippen molar-refractivity contribution in [2.75, 3.05) is 41.8 Å². The van der Waals surface area contributed by atoms with Gasteiger partial charge in [0.05, 0.1) is 0 Å². The number of hydrogen-bond donors (Lipinski definition) is 1. The van der Waals surface area contributed by atoms with Crippen molar-refractivity contribution in [3.8, 4) is 0 Å². The number of rotatable bonds is 6. The fourth-order valence-electron chi connectivity index (χ4n) is 5.77. The lowest BCUT2D eigenvalue weighted by Gasteiger charge is -2.35. The number of aryl methyl sites for hydroxylation is 1. The van der Waals surface area contributed by atoms with E-state index in [0.29, 0.717) is 23.5 Å². The van der Waals surface area contributed by atoms with E-state index in [1.54, 1.807) is 6.20 Å². The Kier molecular flexibility index (Phi) is 5.64. The van der Waals surface area contributed by atoms with Crippen molar-refractivity contribution in [2.45, 2.75) is 25.4 Å². The molecule has 2 aromatic carbocycles. The van der Waals surface area contributed by atoms with E-state index in [0.717, 1.165) is 31.0 Å². The Balaban J connectivity index is 1.14. The Labute approximate surface area is 211 Å². The molecule has 2 saturated heterocycles. The van der Waals surface area contributed by atoms with E-state index >= 15 is 0 Å². The Bertz CT molecular complexity index is 1410. The smallest absolute Gasteiger partial charge is 0.256 e. The van der Waals surface area contributed by atoms with Crippen LogP contribution in [0, 0.1) is 0 Å². The van der Waals surface area contributed by atoms with Crippen LogP contribution in [-0.4, -0.2) is 59.1 Å². The van der Waals surface area contributed by atoms with Gasteiger partial charge in [0.15, 0.2) is 0 Å².